The van der Waals surface area contributed by atoms with Crippen LogP contribution in [0.3, 0.4) is 0 Å². The fraction of sp³-hybridized carbons (Fsp3) is 0.120. The van der Waals surface area contributed by atoms with Gasteiger partial charge in [0.15, 0.2) is 22.9 Å². The first-order valence-electron chi connectivity index (χ1n) is 10.2. The first-order valence-corrected chi connectivity index (χ1v) is 11.8. The summed E-state index contributed by atoms with van der Waals surface area (Å²) in [5.41, 5.74) is 1.67. The van der Waals surface area contributed by atoms with E-state index >= 15 is 0 Å². The van der Waals surface area contributed by atoms with Crippen LogP contribution in [0.1, 0.15) is 27.0 Å². The van der Waals surface area contributed by atoms with Crippen LogP contribution in [0.2, 0.25) is 10.0 Å². The minimum atomic E-state index is -0.833. The van der Waals surface area contributed by atoms with Crippen LogP contribution in [0, 0.1) is 6.92 Å². The molecule has 0 aliphatic carbocycles. The van der Waals surface area contributed by atoms with Crippen molar-refractivity contribution in [1.82, 2.24) is 0 Å². The zero-order chi connectivity index (χ0) is 24.1. The van der Waals surface area contributed by atoms with Crippen molar-refractivity contribution in [1.29, 1.82) is 0 Å². The van der Waals surface area contributed by atoms with Crippen molar-refractivity contribution in [3.05, 3.63) is 91.5 Å². The molecule has 0 bridgehead atoms. The summed E-state index contributed by atoms with van der Waals surface area (Å²) in [6.45, 7) is 1.89. The van der Waals surface area contributed by atoms with Gasteiger partial charge in [-0.3, -0.25) is 14.5 Å². The number of anilines is 1. The molecule has 3 heterocycles. The predicted octanol–water partition coefficient (Wildman–Crippen LogP) is 6.90. The second-order valence-electron chi connectivity index (χ2n) is 7.75. The second kappa shape index (κ2) is 8.51. The summed E-state index contributed by atoms with van der Waals surface area (Å²) in [7, 11) is 1.47. The molecule has 0 saturated carbocycles. The zero-order valence-corrected chi connectivity index (χ0v) is 20.3. The first kappa shape index (κ1) is 22.5. The number of methoxy groups -OCH3 is 1. The van der Waals surface area contributed by atoms with Gasteiger partial charge in [0.2, 0.25) is 5.78 Å². The Kier molecular flexibility index (Phi) is 5.64. The molecule has 5 rings (SSSR count). The summed E-state index contributed by atoms with van der Waals surface area (Å²) in [4.78, 5) is 29.1. The highest BCUT2D eigenvalue weighted by atomic mass is 35.5. The van der Waals surface area contributed by atoms with Crippen LogP contribution in [0.5, 0.6) is 5.75 Å². The SMILES string of the molecule is COc1cc(Cl)cc2cc(C(=O)C3=C(O)C(=O)N(c4ccc(Cl)cc4)C3c3sccc3C)oc12. The van der Waals surface area contributed by atoms with E-state index in [2.05, 4.69) is 0 Å². The quantitative estimate of drug-likeness (QED) is 0.293. The summed E-state index contributed by atoms with van der Waals surface area (Å²) >= 11 is 13.6. The van der Waals surface area contributed by atoms with Crippen LogP contribution < -0.4 is 9.64 Å². The lowest BCUT2D eigenvalue weighted by molar-refractivity contribution is -0.117. The van der Waals surface area contributed by atoms with Gasteiger partial charge in [0.25, 0.3) is 5.91 Å². The number of aliphatic hydroxyl groups is 1. The third-order valence-electron chi connectivity index (χ3n) is 5.70. The highest BCUT2D eigenvalue weighted by Gasteiger charge is 2.46. The number of ketones is 1. The number of ether oxygens (including phenoxy) is 1. The van der Waals surface area contributed by atoms with E-state index in [9.17, 15) is 14.7 Å². The monoisotopic (exact) mass is 513 g/mol. The Labute approximate surface area is 208 Å². The van der Waals surface area contributed by atoms with Crippen LogP contribution in [0.25, 0.3) is 11.0 Å². The molecule has 0 fully saturated rings. The topological polar surface area (TPSA) is 80.0 Å². The molecule has 1 aliphatic heterocycles. The number of hydrogen-bond acceptors (Lipinski definition) is 6. The van der Waals surface area contributed by atoms with Gasteiger partial charge in [-0.25, -0.2) is 0 Å². The first-order chi connectivity index (χ1) is 16.3. The number of rotatable bonds is 5. The Bertz CT molecular complexity index is 1480. The second-order valence-corrected chi connectivity index (χ2v) is 9.57. The molecule has 1 N–H and O–H groups in total. The highest BCUT2D eigenvalue weighted by molar-refractivity contribution is 7.10. The Hall–Kier alpha value is -3.26. The molecule has 1 unspecified atom stereocenters. The molecule has 0 radical (unpaired) electrons. The van der Waals surface area contributed by atoms with Crippen molar-refractivity contribution >= 4 is 62.9 Å². The lowest BCUT2D eigenvalue weighted by Crippen LogP contribution is -2.30. The van der Waals surface area contributed by atoms with Crippen LogP contribution >= 0.6 is 34.5 Å². The maximum Gasteiger partial charge on any atom is 0.294 e. The van der Waals surface area contributed by atoms with E-state index in [0.29, 0.717) is 32.5 Å². The molecule has 0 spiro atoms. The summed E-state index contributed by atoms with van der Waals surface area (Å²) in [6, 6.07) is 12.5. The number of fused-ring (bicyclic) bond motifs is 1. The molecule has 1 amide bonds. The van der Waals surface area contributed by atoms with Gasteiger partial charge in [0.05, 0.1) is 12.7 Å². The summed E-state index contributed by atoms with van der Waals surface area (Å²) < 4.78 is 11.2. The van der Waals surface area contributed by atoms with Gasteiger partial charge >= 0.3 is 0 Å². The van der Waals surface area contributed by atoms with Crippen LogP contribution in [-0.4, -0.2) is 23.9 Å². The molecular formula is C25H17Cl2NO5S. The number of carbonyl (C=O) groups excluding carboxylic acids is 2. The molecule has 2 aromatic heterocycles. The van der Waals surface area contributed by atoms with Crippen molar-refractivity contribution in [2.45, 2.75) is 13.0 Å². The number of carbonyl (C=O) groups is 2. The summed E-state index contributed by atoms with van der Waals surface area (Å²) in [5, 5.41) is 14.3. The van der Waals surface area contributed by atoms with Crippen LogP contribution in [0.15, 0.2) is 69.7 Å². The third-order valence-corrected chi connectivity index (χ3v) is 7.24. The molecular weight excluding hydrogens is 497 g/mol. The van der Waals surface area contributed by atoms with E-state index in [1.54, 1.807) is 36.4 Å². The number of furan rings is 1. The fourth-order valence-electron chi connectivity index (χ4n) is 4.10. The van der Waals surface area contributed by atoms with Gasteiger partial charge < -0.3 is 14.3 Å². The minimum absolute atomic E-state index is 0.0397. The Morgan fingerprint density at radius 3 is 2.50 bits per heavy atom. The smallest absolute Gasteiger partial charge is 0.294 e. The van der Waals surface area contributed by atoms with Gasteiger partial charge in [0, 0.05) is 32.1 Å². The van der Waals surface area contributed by atoms with Gasteiger partial charge in [-0.15, -0.1) is 11.3 Å². The number of nitrogens with zero attached hydrogens (tertiary/aromatic N) is 1. The lowest BCUT2D eigenvalue weighted by Gasteiger charge is -2.26. The lowest BCUT2D eigenvalue weighted by atomic mass is 9.98. The van der Waals surface area contributed by atoms with Crippen LogP contribution in [-0.2, 0) is 4.79 Å². The maximum atomic E-state index is 13.7. The molecule has 2 aromatic carbocycles. The fourth-order valence-corrected chi connectivity index (χ4v) is 5.47. The van der Waals surface area contributed by atoms with E-state index in [1.165, 1.54) is 29.4 Å². The van der Waals surface area contributed by atoms with Crippen LogP contribution in [0.4, 0.5) is 5.69 Å². The van der Waals surface area contributed by atoms with E-state index in [0.717, 1.165) is 10.4 Å². The van der Waals surface area contributed by atoms with E-state index in [1.807, 2.05) is 18.4 Å². The normalized spacial score (nSPS) is 16.1. The number of hydrogen-bond donors (Lipinski definition) is 1. The largest absolute Gasteiger partial charge is 0.503 e. The van der Waals surface area contributed by atoms with Gasteiger partial charge in [-0.1, -0.05) is 23.2 Å². The molecule has 1 aliphatic rings. The van der Waals surface area contributed by atoms with Crippen molar-refractivity contribution < 1.29 is 23.8 Å². The minimum Gasteiger partial charge on any atom is -0.503 e. The zero-order valence-electron chi connectivity index (χ0n) is 18.0. The average Bonchev–Trinajstić information content (AvgIpc) is 3.50. The molecule has 34 heavy (non-hydrogen) atoms. The Morgan fingerprint density at radius 2 is 1.85 bits per heavy atom. The summed E-state index contributed by atoms with van der Waals surface area (Å²) in [6.07, 6.45) is 0. The van der Waals surface area contributed by atoms with Gasteiger partial charge in [-0.2, -0.15) is 0 Å². The molecule has 172 valence electrons. The number of aryl methyl sites for hydroxylation is 1. The number of thiophene rings is 1. The number of amides is 1. The number of benzene rings is 2. The molecule has 9 heteroatoms. The Morgan fingerprint density at radius 1 is 1.12 bits per heavy atom. The van der Waals surface area contributed by atoms with Gasteiger partial charge in [-0.05, 0) is 60.3 Å². The van der Waals surface area contributed by atoms with Crippen molar-refractivity contribution in [2.75, 3.05) is 12.0 Å². The average molecular weight is 514 g/mol. The van der Waals surface area contributed by atoms with Crippen molar-refractivity contribution in [3.8, 4) is 5.75 Å². The number of aliphatic hydroxyl groups excluding tert-OH is 1. The van der Waals surface area contributed by atoms with E-state index in [-0.39, 0.29) is 11.3 Å². The van der Waals surface area contributed by atoms with E-state index in [4.69, 9.17) is 32.4 Å². The molecule has 0 saturated heterocycles. The van der Waals surface area contributed by atoms with Crippen molar-refractivity contribution in [2.24, 2.45) is 0 Å². The van der Waals surface area contributed by atoms with Crippen molar-refractivity contribution in [3.63, 3.8) is 0 Å². The highest BCUT2D eigenvalue weighted by Crippen LogP contribution is 2.45. The van der Waals surface area contributed by atoms with Gasteiger partial charge in [0.1, 0.15) is 6.04 Å². The molecule has 6 nitrogen and oxygen atoms in total. The maximum absolute atomic E-state index is 13.7. The van der Waals surface area contributed by atoms with E-state index < -0.39 is 23.5 Å². The summed E-state index contributed by atoms with van der Waals surface area (Å²) in [5.74, 6) is -1.57. The number of Topliss-reactive ketones (excluding diaryl/α,β-unsaturated/α-hetero) is 1. The molecule has 4 aromatic rings. The third kappa shape index (κ3) is 3.57. The number of halogens is 2. The molecule has 1 atom stereocenters. The Balaban J connectivity index is 1.66. The standard InChI is InChI=1S/C25H17Cl2NO5S/c1-12-7-8-34-24(12)20-19(22(30)25(31)28(20)16-5-3-14(26)4-6-16)21(29)17-10-13-9-15(27)11-18(32-2)23(13)33-17/h3-11,20,30H,1-2H3. The predicted molar refractivity (Wildman–Crippen MR) is 132 cm³/mol.